The van der Waals surface area contributed by atoms with E-state index in [4.69, 9.17) is 9.40 Å². The van der Waals surface area contributed by atoms with Gasteiger partial charge in [-0.2, -0.15) is 0 Å². The molecule has 0 fully saturated rings. The number of fused-ring (bicyclic) bond motifs is 3. The van der Waals surface area contributed by atoms with Crippen molar-refractivity contribution in [1.82, 2.24) is 4.98 Å². The Morgan fingerprint density at radius 1 is 0.882 bits per heavy atom. The number of rotatable bonds is 5. The predicted octanol–water partition coefficient (Wildman–Crippen LogP) is 7.77. The number of hydrogen-bond donors (Lipinski definition) is 0. The Morgan fingerprint density at radius 3 is 2.32 bits per heavy atom. The second kappa shape index (κ2) is 8.72. The molecule has 0 atom stereocenters. The molecule has 0 bridgehead atoms. The maximum absolute atomic E-state index is 6.49. The van der Waals surface area contributed by atoms with Gasteiger partial charge in [0.2, 0.25) is 11.4 Å². The van der Waals surface area contributed by atoms with Crippen LogP contribution in [0.15, 0.2) is 71.3 Å². The first kappa shape index (κ1) is 22.3. The average molecular weight is 450 g/mol. The lowest BCUT2D eigenvalue weighted by Crippen LogP contribution is -2.31. The fourth-order valence-electron chi connectivity index (χ4n) is 4.90. The molecule has 0 saturated carbocycles. The Morgan fingerprint density at radius 2 is 1.62 bits per heavy atom. The SMILES string of the molecule is Cc1ccc2c(oc3nc(C(C)C)ccc32)c1-c1c(-c2ccc(CC(C)C)cc2)ccc[n+]1C. The standard InChI is InChI=1S/C31H33N2O/c1-19(2)18-22-10-12-23(13-11-22)24-8-7-17-33(6)29(24)28-21(5)9-14-25-26-15-16-27(20(3)4)32-31(26)34-30(25)28/h7-17,19-20H,18H2,1-6H3/q+1. The molecule has 0 aliphatic heterocycles. The van der Waals surface area contributed by atoms with E-state index in [9.17, 15) is 0 Å². The van der Waals surface area contributed by atoms with Crippen LogP contribution in [0.4, 0.5) is 0 Å². The van der Waals surface area contributed by atoms with Gasteiger partial charge >= 0.3 is 0 Å². The molecule has 172 valence electrons. The van der Waals surface area contributed by atoms with Crippen molar-refractivity contribution >= 4 is 22.1 Å². The van der Waals surface area contributed by atoms with Gasteiger partial charge in [-0.05, 0) is 60.1 Å². The third kappa shape index (κ3) is 3.90. The Balaban J connectivity index is 1.74. The Kier molecular flexibility index (Phi) is 5.73. The fourth-order valence-corrected chi connectivity index (χ4v) is 4.90. The van der Waals surface area contributed by atoms with E-state index in [2.05, 4.69) is 113 Å². The summed E-state index contributed by atoms with van der Waals surface area (Å²) in [7, 11) is 2.11. The van der Waals surface area contributed by atoms with E-state index in [1.165, 1.54) is 22.3 Å². The van der Waals surface area contributed by atoms with Gasteiger partial charge in [-0.1, -0.05) is 64.1 Å². The molecule has 3 heterocycles. The van der Waals surface area contributed by atoms with Gasteiger partial charge in [0, 0.05) is 22.5 Å². The maximum Gasteiger partial charge on any atom is 0.227 e. The number of aromatic nitrogens is 2. The average Bonchev–Trinajstić information content (AvgIpc) is 3.17. The number of furan rings is 1. The molecule has 5 aromatic rings. The van der Waals surface area contributed by atoms with E-state index < -0.39 is 0 Å². The summed E-state index contributed by atoms with van der Waals surface area (Å²) in [4.78, 5) is 4.84. The molecule has 3 nitrogen and oxygen atoms in total. The van der Waals surface area contributed by atoms with Crippen molar-refractivity contribution in [3.8, 4) is 22.4 Å². The smallest absolute Gasteiger partial charge is 0.227 e. The van der Waals surface area contributed by atoms with E-state index in [0.717, 1.165) is 39.7 Å². The summed E-state index contributed by atoms with van der Waals surface area (Å²) in [6, 6.07) is 22.0. The Hall–Kier alpha value is -3.46. The predicted molar refractivity (Wildman–Crippen MR) is 141 cm³/mol. The third-order valence-corrected chi connectivity index (χ3v) is 6.65. The van der Waals surface area contributed by atoms with E-state index in [-0.39, 0.29) is 0 Å². The van der Waals surface area contributed by atoms with Crippen LogP contribution >= 0.6 is 0 Å². The van der Waals surface area contributed by atoms with Crippen LogP contribution in [0.1, 0.15) is 50.4 Å². The summed E-state index contributed by atoms with van der Waals surface area (Å²) in [5.74, 6) is 1.00. The first-order valence-corrected chi connectivity index (χ1v) is 12.2. The zero-order valence-electron chi connectivity index (χ0n) is 21.0. The molecule has 0 saturated heterocycles. The summed E-state index contributed by atoms with van der Waals surface area (Å²) in [6.45, 7) is 11.0. The van der Waals surface area contributed by atoms with Gasteiger partial charge in [0.25, 0.3) is 0 Å². The van der Waals surface area contributed by atoms with Crippen LogP contribution in [-0.4, -0.2) is 4.98 Å². The first-order valence-electron chi connectivity index (χ1n) is 12.2. The number of nitrogens with zero attached hydrogens (tertiary/aromatic N) is 2. The number of benzene rings is 2. The molecule has 34 heavy (non-hydrogen) atoms. The summed E-state index contributed by atoms with van der Waals surface area (Å²) in [5.41, 5.74) is 9.94. The van der Waals surface area contributed by atoms with Crippen LogP contribution in [0.5, 0.6) is 0 Å². The molecule has 3 aromatic heterocycles. The second-order valence-corrected chi connectivity index (χ2v) is 10.2. The highest BCUT2D eigenvalue weighted by molar-refractivity contribution is 6.09. The van der Waals surface area contributed by atoms with Crippen molar-refractivity contribution in [2.75, 3.05) is 0 Å². The van der Waals surface area contributed by atoms with Crippen LogP contribution in [0.25, 0.3) is 44.5 Å². The molecule has 0 amide bonds. The summed E-state index contributed by atoms with van der Waals surface area (Å²) in [6.07, 6.45) is 3.21. The molecule has 0 unspecified atom stereocenters. The molecular weight excluding hydrogens is 416 g/mol. The van der Waals surface area contributed by atoms with E-state index in [1.807, 2.05) is 0 Å². The zero-order valence-corrected chi connectivity index (χ0v) is 21.0. The van der Waals surface area contributed by atoms with Gasteiger partial charge < -0.3 is 4.42 Å². The van der Waals surface area contributed by atoms with Crippen LogP contribution < -0.4 is 4.57 Å². The Labute approximate surface area is 202 Å². The normalized spacial score (nSPS) is 11.9. The molecule has 0 radical (unpaired) electrons. The number of hydrogen-bond acceptors (Lipinski definition) is 2. The van der Waals surface area contributed by atoms with Gasteiger partial charge in [0.15, 0.2) is 11.8 Å². The van der Waals surface area contributed by atoms with E-state index >= 15 is 0 Å². The minimum absolute atomic E-state index is 0.357. The Bertz CT molecular complexity index is 1490. The monoisotopic (exact) mass is 449 g/mol. The van der Waals surface area contributed by atoms with E-state index in [0.29, 0.717) is 17.5 Å². The minimum Gasteiger partial charge on any atom is -0.437 e. The van der Waals surface area contributed by atoms with Crippen molar-refractivity contribution in [3.63, 3.8) is 0 Å². The highest BCUT2D eigenvalue weighted by Gasteiger charge is 2.25. The fraction of sp³-hybridized carbons (Fsp3) is 0.290. The van der Waals surface area contributed by atoms with Crippen molar-refractivity contribution in [2.24, 2.45) is 13.0 Å². The lowest BCUT2D eigenvalue weighted by molar-refractivity contribution is -0.659. The molecule has 3 heteroatoms. The largest absolute Gasteiger partial charge is 0.437 e. The lowest BCUT2D eigenvalue weighted by atomic mass is 9.93. The topological polar surface area (TPSA) is 29.9 Å². The zero-order chi connectivity index (χ0) is 24.0. The third-order valence-electron chi connectivity index (χ3n) is 6.65. The highest BCUT2D eigenvalue weighted by atomic mass is 16.3. The molecule has 0 aliphatic carbocycles. The quantitative estimate of drug-likeness (QED) is 0.257. The molecule has 0 spiro atoms. The van der Waals surface area contributed by atoms with E-state index in [1.54, 1.807) is 0 Å². The molecule has 5 rings (SSSR count). The van der Waals surface area contributed by atoms with Crippen LogP contribution in [0.2, 0.25) is 0 Å². The lowest BCUT2D eigenvalue weighted by Gasteiger charge is -2.11. The summed E-state index contributed by atoms with van der Waals surface area (Å²) < 4.78 is 8.70. The minimum atomic E-state index is 0.357. The van der Waals surface area contributed by atoms with Gasteiger partial charge in [0.05, 0.1) is 11.1 Å². The number of aryl methyl sites for hydroxylation is 2. The van der Waals surface area contributed by atoms with Gasteiger partial charge in [-0.25, -0.2) is 9.55 Å². The maximum atomic E-state index is 6.49. The van der Waals surface area contributed by atoms with Crippen LogP contribution in [0.3, 0.4) is 0 Å². The molecule has 0 N–H and O–H groups in total. The summed E-state index contributed by atoms with van der Waals surface area (Å²) in [5, 5.41) is 2.18. The van der Waals surface area contributed by atoms with Crippen LogP contribution in [-0.2, 0) is 13.5 Å². The van der Waals surface area contributed by atoms with Gasteiger partial charge in [-0.15, -0.1) is 0 Å². The van der Waals surface area contributed by atoms with Crippen LogP contribution in [0, 0.1) is 12.8 Å². The van der Waals surface area contributed by atoms with Crippen molar-refractivity contribution in [1.29, 1.82) is 0 Å². The van der Waals surface area contributed by atoms with Crippen molar-refractivity contribution in [2.45, 2.75) is 47.0 Å². The number of pyridine rings is 2. The summed E-state index contributed by atoms with van der Waals surface area (Å²) >= 11 is 0. The molecule has 2 aromatic carbocycles. The van der Waals surface area contributed by atoms with Gasteiger partial charge in [0.1, 0.15) is 7.05 Å². The van der Waals surface area contributed by atoms with Gasteiger partial charge in [-0.3, -0.25) is 0 Å². The molecular formula is C31H33N2O+. The first-order chi connectivity index (χ1) is 16.3. The van der Waals surface area contributed by atoms with Crippen molar-refractivity contribution < 1.29 is 8.98 Å². The van der Waals surface area contributed by atoms with Crippen molar-refractivity contribution in [3.05, 3.63) is 83.7 Å². The second-order valence-electron chi connectivity index (χ2n) is 10.2. The highest BCUT2D eigenvalue weighted by Crippen LogP contribution is 2.40. The molecule has 0 aliphatic rings.